The van der Waals surface area contributed by atoms with Gasteiger partial charge in [-0.05, 0) is 93.8 Å². The highest BCUT2D eigenvalue weighted by atomic mass is 35.5. The van der Waals surface area contributed by atoms with Gasteiger partial charge in [0, 0.05) is 76.9 Å². The number of amides is 1. The van der Waals surface area contributed by atoms with Crippen molar-refractivity contribution in [3.05, 3.63) is 87.0 Å². The molecule has 2 saturated carbocycles. The Morgan fingerprint density at radius 2 is 1.88 bits per heavy atom. The maximum absolute atomic E-state index is 16.7. The quantitative estimate of drug-likeness (QED) is 0.166. The van der Waals surface area contributed by atoms with Crippen molar-refractivity contribution in [1.29, 1.82) is 5.26 Å². The molecule has 2 N–H and O–H groups in total. The summed E-state index contributed by atoms with van der Waals surface area (Å²) in [6.45, 7) is 3.89. The van der Waals surface area contributed by atoms with Gasteiger partial charge < -0.3 is 20.1 Å². The Morgan fingerprint density at radius 3 is 2.55 bits per heavy atom. The zero-order valence-corrected chi connectivity index (χ0v) is 32.1. The van der Waals surface area contributed by atoms with Crippen molar-refractivity contribution in [2.24, 2.45) is 17.8 Å². The van der Waals surface area contributed by atoms with Crippen molar-refractivity contribution in [2.75, 3.05) is 24.5 Å². The van der Waals surface area contributed by atoms with E-state index in [0.717, 1.165) is 48.0 Å². The Kier molecular flexibility index (Phi) is 9.41. The number of nitrogens with one attached hydrogen (secondary N) is 2. The number of hydrogen-bond acceptors (Lipinski definition) is 6. The lowest BCUT2D eigenvalue weighted by molar-refractivity contribution is -0.137. The second kappa shape index (κ2) is 14.2. The zero-order valence-electron chi connectivity index (χ0n) is 30.6. The van der Waals surface area contributed by atoms with Gasteiger partial charge in [0.1, 0.15) is 11.3 Å². The number of aromatic nitrogens is 3. The number of benzene rings is 2. The van der Waals surface area contributed by atoms with E-state index in [1.54, 1.807) is 25.1 Å². The number of aryl methyl sites for hydroxylation is 2. The second-order valence-corrected chi connectivity index (χ2v) is 16.7. The number of rotatable bonds is 6. The number of alkyl halides is 3. The molecule has 11 rings (SSSR count). The average molecular weight is 805 g/mol. The molecule has 1 amide bonds. The molecule has 4 saturated heterocycles. The summed E-state index contributed by atoms with van der Waals surface area (Å²) in [5.41, 5.74) is 2.59. The first kappa shape index (κ1) is 37.2. The molecule has 290 valence electrons. The van der Waals surface area contributed by atoms with E-state index in [-0.39, 0.29) is 69.6 Å². The lowest BCUT2D eigenvalue weighted by atomic mass is 9.87. The second-order valence-electron chi connectivity index (χ2n) is 16.0. The number of halogens is 6. The fourth-order valence-electron chi connectivity index (χ4n) is 9.34. The van der Waals surface area contributed by atoms with Crippen LogP contribution in [0.25, 0.3) is 32.9 Å². The number of nitriles is 1. The van der Waals surface area contributed by atoms with Gasteiger partial charge in [0.25, 0.3) is 0 Å². The number of carbonyl (C=O) groups excluding carboxylic acids is 1. The monoisotopic (exact) mass is 803 g/mol. The Labute approximate surface area is 331 Å². The maximum atomic E-state index is 16.7. The first-order valence-electron chi connectivity index (χ1n) is 19.2. The number of aromatic amines is 1. The van der Waals surface area contributed by atoms with Gasteiger partial charge in [-0.3, -0.25) is 4.79 Å². The van der Waals surface area contributed by atoms with E-state index in [1.165, 1.54) is 25.6 Å². The van der Waals surface area contributed by atoms with Gasteiger partial charge in [-0.15, -0.1) is 0 Å². The van der Waals surface area contributed by atoms with E-state index in [1.807, 2.05) is 21.9 Å². The topological polar surface area (TPSA) is 101 Å². The van der Waals surface area contributed by atoms with Crippen molar-refractivity contribution < 1.29 is 22.4 Å². The highest BCUT2D eigenvalue weighted by molar-refractivity contribution is 6.43. The number of anilines is 1. The molecule has 4 aliphatic heterocycles. The molecule has 0 radical (unpaired) electrons. The molecule has 6 fully saturated rings. The molecule has 14 heteroatoms. The van der Waals surface area contributed by atoms with Crippen molar-refractivity contribution in [2.45, 2.75) is 76.2 Å². The van der Waals surface area contributed by atoms with Crippen LogP contribution >= 0.6 is 23.2 Å². The van der Waals surface area contributed by atoms with E-state index in [0.29, 0.717) is 47.2 Å². The Balaban J connectivity index is 0.000000617. The number of H-pyrrole nitrogens is 1. The van der Waals surface area contributed by atoms with Gasteiger partial charge in [0.05, 0.1) is 39.3 Å². The Bertz CT molecular complexity index is 2410. The number of fused-ring (bicyclic) bond motifs is 6. The predicted octanol–water partition coefficient (Wildman–Crippen LogP) is 9.56. The molecule has 2 aliphatic carbocycles. The molecule has 56 heavy (non-hydrogen) atoms. The van der Waals surface area contributed by atoms with Gasteiger partial charge in [-0.2, -0.15) is 18.4 Å². The van der Waals surface area contributed by atoms with Crippen LogP contribution in [-0.4, -0.2) is 57.5 Å². The SMILES string of the molecule is C1NC2CC1C2.Cc1nc2c(F)c(-c3cccc(Cl)c3Cl)c(CCC#N)cc2c2[nH]c(C3C4CC(CN(c5cc(C(F)(F)F)ccn5)C4)N3C(=O)C3CC3)cc12. The largest absolute Gasteiger partial charge is 0.416 e. The summed E-state index contributed by atoms with van der Waals surface area (Å²) >= 11 is 12.9. The minimum absolute atomic E-state index is 0.0487. The molecule has 2 aromatic carbocycles. The van der Waals surface area contributed by atoms with E-state index in [9.17, 15) is 23.2 Å². The summed E-state index contributed by atoms with van der Waals surface area (Å²) in [4.78, 5) is 30.2. The van der Waals surface area contributed by atoms with Crippen LogP contribution in [0.2, 0.25) is 10.0 Å². The van der Waals surface area contributed by atoms with Crippen LogP contribution in [0.1, 0.15) is 67.1 Å². The van der Waals surface area contributed by atoms with Crippen LogP contribution in [0.15, 0.2) is 48.7 Å². The van der Waals surface area contributed by atoms with E-state index >= 15 is 4.39 Å². The lowest BCUT2D eigenvalue weighted by Crippen LogP contribution is -2.45. The minimum Gasteiger partial charge on any atom is -0.356 e. The van der Waals surface area contributed by atoms with Gasteiger partial charge >= 0.3 is 6.18 Å². The van der Waals surface area contributed by atoms with Gasteiger partial charge in [0.2, 0.25) is 5.91 Å². The normalized spacial score (nSPS) is 23.9. The lowest BCUT2D eigenvalue weighted by Gasteiger charge is -2.33. The maximum Gasteiger partial charge on any atom is 0.416 e. The molecule has 6 aliphatic rings. The minimum atomic E-state index is -4.50. The fraction of sp³-hybridized carbons (Fsp3) is 0.429. The molecular formula is C42H39Cl2F4N7O. The summed E-state index contributed by atoms with van der Waals surface area (Å²) in [7, 11) is 0. The third-order valence-corrected chi connectivity index (χ3v) is 13.1. The van der Waals surface area contributed by atoms with Gasteiger partial charge in [-0.1, -0.05) is 35.3 Å². The molecule has 3 unspecified atom stereocenters. The third-order valence-electron chi connectivity index (χ3n) is 12.3. The molecule has 3 atom stereocenters. The zero-order chi connectivity index (χ0) is 39.0. The van der Waals surface area contributed by atoms with E-state index < -0.39 is 17.6 Å². The van der Waals surface area contributed by atoms with Crippen LogP contribution < -0.4 is 10.2 Å². The summed E-state index contributed by atoms with van der Waals surface area (Å²) < 4.78 is 57.5. The van der Waals surface area contributed by atoms with Crippen molar-refractivity contribution >= 4 is 56.7 Å². The van der Waals surface area contributed by atoms with Crippen LogP contribution in [0.5, 0.6) is 0 Å². The Morgan fingerprint density at radius 1 is 1.07 bits per heavy atom. The third kappa shape index (κ3) is 6.55. The smallest absolute Gasteiger partial charge is 0.356 e. The summed E-state index contributed by atoms with van der Waals surface area (Å²) in [6, 6.07) is 13.3. The molecule has 5 aromatic rings. The number of pyridine rings is 2. The number of carbonyl (C=O) groups is 1. The van der Waals surface area contributed by atoms with Crippen molar-refractivity contribution in [3.8, 4) is 17.2 Å². The predicted molar refractivity (Wildman–Crippen MR) is 208 cm³/mol. The van der Waals surface area contributed by atoms with Crippen LogP contribution in [-0.2, 0) is 17.4 Å². The standard InChI is InChI=1S/C37H30Cl2F4N6O.C5H9N/c1-18-25-15-28(47-33(25)26-13-20(4-3-10-44)30(32(40)34(26)46-18)24-5-2-6-27(38)31(24)39)35-21-12-23(49(35)36(50)19-7-8-19)17-48(16-21)29-14-22(9-11-45-29)37(41,42)43;1-4-2-5(1)6-3-4/h2,5-6,9,11,13-15,19,21,23,35,47H,3-4,7-8,12,16-17H2,1H3;4-6H,1-3H2. The van der Waals surface area contributed by atoms with Crippen LogP contribution in [0, 0.1) is 41.8 Å². The molecule has 7 heterocycles. The van der Waals surface area contributed by atoms with Crippen LogP contribution in [0.3, 0.4) is 0 Å². The molecule has 3 aromatic heterocycles. The summed E-state index contributed by atoms with van der Waals surface area (Å²) in [5, 5.41) is 14.6. The molecular weight excluding hydrogens is 765 g/mol. The van der Waals surface area contributed by atoms with Crippen LogP contribution in [0.4, 0.5) is 23.4 Å². The fourth-order valence-corrected chi connectivity index (χ4v) is 9.74. The number of hydrogen-bond donors (Lipinski definition) is 2. The average Bonchev–Trinajstić information content (AvgIpc) is 3.44. The number of likely N-dealkylation sites (tertiary alicyclic amines) is 1. The molecule has 0 spiro atoms. The van der Waals surface area contributed by atoms with Gasteiger partial charge in [0.15, 0.2) is 5.82 Å². The molecule has 4 bridgehead atoms. The van der Waals surface area contributed by atoms with Crippen molar-refractivity contribution in [3.63, 3.8) is 0 Å². The highest BCUT2D eigenvalue weighted by Crippen LogP contribution is 2.49. The first-order valence-corrected chi connectivity index (χ1v) is 19.9. The summed E-state index contributed by atoms with van der Waals surface area (Å²) in [5.74, 6) is 0.613. The summed E-state index contributed by atoms with van der Waals surface area (Å²) in [6.07, 6.45) is 2.34. The number of nitrogens with zero attached hydrogens (tertiary/aromatic N) is 5. The van der Waals surface area contributed by atoms with E-state index in [2.05, 4.69) is 21.4 Å². The Hall–Kier alpha value is -4.44. The van der Waals surface area contributed by atoms with E-state index in [4.69, 9.17) is 28.2 Å². The van der Waals surface area contributed by atoms with Gasteiger partial charge in [-0.25, -0.2) is 14.4 Å². The highest BCUT2D eigenvalue weighted by Gasteiger charge is 2.52. The molecule has 8 nitrogen and oxygen atoms in total. The van der Waals surface area contributed by atoms with Crippen molar-refractivity contribution in [1.82, 2.24) is 25.2 Å². The number of piperidine rings is 1. The first-order chi connectivity index (χ1) is 26.9.